The molecular weight excluding hydrogens is 190 g/mol. The number of carbonyl (C=O) groups is 1. The molecule has 0 heterocycles. The molecule has 15 heavy (non-hydrogen) atoms. The molecule has 0 atom stereocenters. The summed E-state index contributed by atoms with van der Waals surface area (Å²) < 4.78 is 4.77. The average molecular weight is 201 g/mol. The van der Waals surface area contributed by atoms with Crippen LogP contribution < -0.4 is 5.73 Å². The average Bonchev–Trinajstić information content (AvgIpc) is 2.28. The molecule has 0 bridgehead atoms. The van der Waals surface area contributed by atoms with Crippen molar-refractivity contribution in [2.45, 2.75) is 0 Å². The number of nitrogens with two attached hydrogens (primary N) is 1. The number of hydrogen-bond donors (Lipinski definition) is 1. The van der Waals surface area contributed by atoms with Crippen molar-refractivity contribution in [2.75, 3.05) is 6.73 Å². The molecule has 76 valence electrons. The molecule has 0 amide bonds. The van der Waals surface area contributed by atoms with Gasteiger partial charge in [0.2, 0.25) is 0 Å². The summed E-state index contributed by atoms with van der Waals surface area (Å²) in [5.41, 5.74) is 5.72. The van der Waals surface area contributed by atoms with E-state index in [1.54, 1.807) is 6.07 Å². The van der Waals surface area contributed by atoms with Gasteiger partial charge in [0.15, 0.2) is 0 Å². The summed E-state index contributed by atoms with van der Waals surface area (Å²) in [5, 5.41) is 1.91. The van der Waals surface area contributed by atoms with Gasteiger partial charge in [0.05, 0.1) is 5.56 Å². The van der Waals surface area contributed by atoms with E-state index in [9.17, 15) is 4.79 Å². The first-order valence-electron chi connectivity index (χ1n) is 4.68. The topological polar surface area (TPSA) is 52.3 Å². The van der Waals surface area contributed by atoms with Gasteiger partial charge in [-0.3, -0.25) is 5.73 Å². The van der Waals surface area contributed by atoms with Gasteiger partial charge in [0.25, 0.3) is 0 Å². The molecule has 3 nitrogen and oxygen atoms in total. The number of hydrogen-bond acceptors (Lipinski definition) is 3. The molecule has 0 aliphatic carbocycles. The SMILES string of the molecule is NCOC(=O)c1cccc2ccccc12. The van der Waals surface area contributed by atoms with E-state index in [0.717, 1.165) is 10.8 Å². The number of fused-ring (bicyclic) bond motifs is 1. The quantitative estimate of drug-likeness (QED) is 0.596. The van der Waals surface area contributed by atoms with Gasteiger partial charge in [0, 0.05) is 0 Å². The lowest BCUT2D eigenvalue weighted by Crippen LogP contribution is -2.12. The molecule has 0 saturated heterocycles. The molecule has 0 aromatic heterocycles. The largest absolute Gasteiger partial charge is 0.446 e. The fourth-order valence-electron chi connectivity index (χ4n) is 1.56. The van der Waals surface area contributed by atoms with Crippen molar-refractivity contribution in [1.82, 2.24) is 0 Å². The first-order valence-corrected chi connectivity index (χ1v) is 4.68. The standard InChI is InChI=1S/C12H11NO2/c13-8-15-12(14)11-7-3-5-9-4-1-2-6-10(9)11/h1-7H,8,13H2. The van der Waals surface area contributed by atoms with Crippen molar-refractivity contribution < 1.29 is 9.53 Å². The highest BCUT2D eigenvalue weighted by molar-refractivity contribution is 6.04. The highest BCUT2D eigenvalue weighted by Gasteiger charge is 2.09. The van der Waals surface area contributed by atoms with E-state index in [-0.39, 0.29) is 12.7 Å². The van der Waals surface area contributed by atoms with Gasteiger partial charge in [-0.1, -0.05) is 36.4 Å². The molecular formula is C12H11NO2. The first-order chi connectivity index (χ1) is 7.33. The zero-order chi connectivity index (χ0) is 10.7. The van der Waals surface area contributed by atoms with Crippen molar-refractivity contribution in [3.05, 3.63) is 48.0 Å². The monoisotopic (exact) mass is 201 g/mol. The molecule has 2 rings (SSSR count). The lowest BCUT2D eigenvalue weighted by Gasteiger charge is -2.05. The molecule has 2 aromatic rings. The van der Waals surface area contributed by atoms with Crippen molar-refractivity contribution >= 4 is 16.7 Å². The van der Waals surface area contributed by atoms with E-state index in [1.807, 2.05) is 36.4 Å². The Hall–Kier alpha value is -1.87. The summed E-state index contributed by atoms with van der Waals surface area (Å²) in [4.78, 5) is 11.6. The van der Waals surface area contributed by atoms with Crippen LogP contribution in [0.5, 0.6) is 0 Å². The van der Waals surface area contributed by atoms with Gasteiger partial charge in [-0.15, -0.1) is 0 Å². The Morgan fingerprint density at radius 1 is 1.13 bits per heavy atom. The fraction of sp³-hybridized carbons (Fsp3) is 0.0833. The fourth-order valence-corrected chi connectivity index (χ4v) is 1.56. The van der Waals surface area contributed by atoms with Crippen molar-refractivity contribution in [3.63, 3.8) is 0 Å². The summed E-state index contributed by atoms with van der Waals surface area (Å²) in [7, 11) is 0. The minimum Gasteiger partial charge on any atom is -0.446 e. The van der Waals surface area contributed by atoms with Crippen LogP contribution in [0.4, 0.5) is 0 Å². The van der Waals surface area contributed by atoms with Crippen molar-refractivity contribution in [2.24, 2.45) is 5.73 Å². The summed E-state index contributed by atoms with van der Waals surface area (Å²) in [6.45, 7) is -0.0952. The number of rotatable bonds is 2. The zero-order valence-electron chi connectivity index (χ0n) is 8.14. The highest BCUT2D eigenvalue weighted by atomic mass is 16.5. The number of carbonyl (C=O) groups excluding carboxylic acids is 1. The van der Waals surface area contributed by atoms with E-state index in [2.05, 4.69) is 0 Å². The predicted octanol–water partition coefficient (Wildman–Crippen LogP) is 1.91. The number of benzene rings is 2. The predicted molar refractivity (Wildman–Crippen MR) is 58.4 cm³/mol. The summed E-state index contributed by atoms with van der Waals surface area (Å²) in [5.74, 6) is -0.380. The van der Waals surface area contributed by atoms with Gasteiger partial charge in [-0.2, -0.15) is 0 Å². The summed E-state index contributed by atoms with van der Waals surface area (Å²) in [6.07, 6.45) is 0. The molecule has 0 fully saturated rings. The van der Waals surface area contributed by atoms with E-state index in [1.165, 1.54) is 0 Å². The van der Waals surface area contributed by atoms with E-state index in [0.29, 0.717) is 5.56 Å². The van der Waals surface area contributed by atoms with Crippen LogP contribution in [0.25, 0.3) is 10.8 Å². The van der Waals surface area contributed by atoms with Crippen LogP contribution in [0.3, 0.4) is 0 Å². The molecule has 3 heteroatoms. The third kappa shape index (κ3) is 1.82. The molecule has 2 N–H and O–H groups in total. The van der Waals surface area contributed by atoms with Crippen LogP contribution in [0.2, 0.25) is 0 Å². The van der Waals surface area contributed by atoms with Gasteiger partial charge in [-0.25, -0.2) is 4.79 Å². The maximum absolute atomic E-state index is 11.6. The second kappa shape index (κ2) is 4.11. The molecule has 0 aliphatic heterocycles. The maximum atomic E-state index is 11.6. The second-order valence-corrected chi connectivity index (χ2v) is 3.13. The number of esters is 1. The second-order valence-electron chi connectivity index (χ2n) is 3.13. The third-order valence-corrected chi connectivity index (χ3v) is 2.22. The normalized spacial score (nSPS) is 10.2. The smallest absolute Gasteiger partial charge is 0.340 e. The van der Waals surface area contributed by atoms with Crippen LogP contribution in [0.1, 0.15) is 10.4 Å². The van der Waals surface area contributed by atoms with Crippen LogP contribution >= 0.6 is 0 Å². The highest BCUT2D eigenvalue weighted by Crippen LogP contribution is 2.18. The molecule has 2 aromatic carbocycles. The minimum absolute atomic E-state index is 0.0952. The van der Waals surface area contributed by atoms with Gasteiger partial charge >= 0.3 is 5.97 Å². The van der Waals surface area contributed by atoms with Crippen LogP contribution in [-0.4, -0.2) is 12.7 Å². The van der Waals surface area contributed by atoms with E-state index in [4.69, 9.17) is 10.5 Å². The summed E-state index contributed by atoms with van der Waals surface area (Å²) in [6, 6.07) is 13.2. The van der Waals surface area contributed by atoms with E-state index < -0.39 is 0 Å². The molecule has 0 radical (unpaired) electrons. The Labute approximate surface area is 87.5 Å². The zero-order valence-corrected chi connectivity index (χ0v) is 8.14. The van der Waals surface area contributed by atoms with Crippen LogP contribution in [0, 0.1) is 0 Å². The van der Waals surface area contributed by atoms with Gasteiger partial charge in [0.1, 0.15) is 6.73 Å². The van der Waals surface area contributed by atoms with Gasteiger partial charge in [-0.05, 0) is 16.8 Å². The lowest BCUT2D eigenvalue weighted by molar-refractivity contribution is 0.0518. The Balaban J connectivity index is 2.56. The molecule has 0 unspecified atom stereocenters. The Morgan fingerprint density at radius 2 is 1.87 bits per heavy atom. The molecule has 0 saturated carbocycles. The first kappa shape index (κ1) is 9.68. The molecule has 0 spiro atoms. The van der Waals surface area contributed by atoms with Crippen LogP contribution in [-0.2, 0) is 4.74 Å². The third-order valence-electron chi connectivity index (χ3n) is 2.22. The minimum atomic E-state index is -0.380. The Bertz CT molecular complexity index is 488. The Kier molecular flexibility index (Phi) is 2.65. The van der Waals surface area contributed by atoms with Crippen molar-refractivity contribution in [1.29, 1.82) is 0 Å². The van der Waals surface area contributed by atoms with Crippen LogP contribution in [0.15, 0.2) is 42.5 Å². The summed E-state index contributed by atoms with van der Waals surface area (Å²) >= 11 is 0. The lowest BCUT2D eigenvalue weighted by atomic mass is 10.1. The molecule has 0 aliphatic rings. The van der Waals surface area contributed by atoms with E-state index >= 15 is 0 Å². The van der Waals surface area contributed by atoms with Crippen molar-refractivity contribution in [3.8, 4) is 0 Å². The maximum Gasteiger partial charge on any atom is 0.340 e. The number of ether oxygens (including phenoxy) is 1. The Morgan fingerprint density at radius 3 is 2.67 bits per heavy atom. The van der Waals surface area contributed by atoms with Gasteiger partial charge < -0.3 is 4.74 Å².